The van der Waals surface area contributed by atoms with Crippen molar-refractivity contribution in [2.24, 2.45) is 0 Å². The Balaban J connectivity index is 1.46. The Labute approximate surface area is 204 Å². The molecule has 0 spiro atoms. The van der Waals surface area contributed by atoms with Gasteiger partial charge >= 0.3 is 18.2 Å². The van der Waals surface area contributed by atoms with E-state index < -0.39 is 35.4 Å². The molecule has 1 aliphatic rings. The van der Waals surface area contributed by atoms with Gasteiger partial charge in [-0.15, -0.1) is 5.10 Å². The van der Waals surface area contributed by atoms with Gasteiger partial charge in [-0.05, 0) is 39.3 Å². The number of carbonyl (C=O) groups excluding carboxylic acids is 2. The van der Waals surface area contributed by atoms with Crippen LogP contribution >= 0.6 is 0 Å². The third-order valence-electron chi connectivity index (χ3n) is 5.42. The second kappa shape index (κ2) is 9.63. The van der Waals surface area contributed by atoms with Crippen molar-refractivity contribution < 1.29 is 31.9 Å². The molecule has 1 aromatic carbocycles. The molecule has 2 atom stereocenters. The minimum absolute atomic E-state index is 0.0251. The lowest BCUT2D eigenvalue weighted by atomic mass is 10.1. The highest BCUT2D eigenvalue weighted by Crippen LogP contribution is 2.32. The number of alkyl halides is 3. The zero-order chi connectivity index (χ0) is 26.1. The first-order chi connectivity index (χ1) is 16.9. The van der Waals surface area contributed by atoms with E-state index in [-0.39, 0.29) is 29.8 Å². The molecule has 1 N–H and O–H groups in total. The number of likely N-dealkylation sites (tertiary alicyclic amines) is 1. The van der Waals surface area contributed by atoms with Crippen LogP contribution in [0.3, 0.4) is 0 Å². The van der Waals surface area contributed by atoms with Crippen molar-refractivity contribution >= 4 is 12.0 Å². The second-order valence-electron chi connectivity index (χ2n) is 9.43. The smallest absolute Gasteiger partial charge is 0.416 e. The normalized spacial score (nSPS) is 18.3. The summed E-state index contributed by atoms with van der Waals surface area (Å²) in [6, 6.07) is 3.78. The van der Waals surface area contributed by atoms with Crippen LogP contribution in [0.25, 0.3) is 11.3 Å². The van der Waals surface area contributed by atoms with Gasteiger partial charge in [-0.3, -0.25) is 9.48 Å². The fourth-order valence-corrected chi connectivity index (χ4v) is 3.89. The molecule has 1 saturated heterocycles. The number of halogens is 3. The van der Waals surface area contributed by atoms with E-state index in [4.69, 9.17) is 9.15 Å². The average Bonchev–Trinajstić information content (AvgIpc) is 3.54. The van der Waals surface area contributed by atoms with Crippen LogP contribution in [0.15, 0.2) is 47.3 Å². The summed E-state index contributed by atoms with van der Waals surface area (Å²) >= 11 is 0. The van der Waals surface area contributed by atoms with E-state index in [1.54, 1.807) is 31.6 Å². The molecule has 0 unspecified atom stereocenters. The Morgan fingerprint density at radius 3 is 2.69 bits per heavy atom. The van der Waals surface area contributed by atoms with Gasteiger partial charge in [0.15, 0.2) is 5.76 Å². The van der Waals surface area contributed by atoms with Gasteiger partial charge in [0, 0.05) is 24.3 Å². The molecule has 13 heteroatoms. The predicted octanol–water partition coefficient (Wildman–Crippen LogP) is 3.76. The summed E-state index contributed by atoms with van der Waals surface area (Å²) in [5, 5.41) is 10.5. The average molecular weight is 506 g/mol. The quantitative estimate of drug-likeness (QED) is 0.560. The fourth-order valence-electron chi connectivity index (χ4n) is 3.89. The van der Waals surface area contributed by atoms with Crippen LogP contribution < -0.4 is 5.32 Å². The van der Waals surface area contributed by atoms with Gasteiger partial charge in [-0.1, -0.05) is 17.3 Å². The first-order valence-corrected chi connectivity index (χ1v) is 11.2. The molecular formula is C23H25F3N6O4. The summed E-state index contributed by atoms with van der Waals surface area (Å²) in [6.45, 7) is 5.82. The van der Waals surface area contributed by atoms with E-state index in [2.05, 4.69) is 20.6 Å². The number of hydrogen-bond acceptors (Lipinski definition) is 7. The number of nitrogens with one attached hydrogen (secondary N) is 1. The van der Waals surface area contributed by atoms with E-state index in [1.807, 2.05) is 0 Å². The Hall–Kier alpha value is -3.90. The molecule has 10 nitrogen and oxygen atoms in total. The van der Waals surface area contributed by atoms with E-state index in [1.165, 1.54) is 29.4 Å². The van der Waals surface area contributed by atoms with E-state index >= 15 is 0 Å². The Morgan fingerprint density at radius 1 is 1.25 bits per heavy atom. The SMILES string of the molecule is CC(C)(C)OC(=O)N1C[C@H](NC(=O)c2ncc(-c3cccc(C(F)(F)F)c3)o2)C[C@H]1Cn1ccnn1. The molecule has 3 aromatic rings. The topological polar surface area (TPSA) is 115 Å². The molecule has 36 heavy (non-hydrogen) atoms. The van der Waals surface area contributed by atoms with Gasteiger partial charge in [-0.2, -0.15) is 13.2 Å². The number of carbonyl (C=O) groups is 2. The molecular weight excluding hydrogens is 481 g/mol. The van der Waals surface area contributed by atoms with Gasteiger partial charge < -0.3 is 19.4 Å². The number of ether oxygens (including phenoxy) is 1. The zero-order valence-corrected chi connectivity index (χ0v) is 19.8. The first kappa shape index (κ1) is 25.2. The van der Waals surface area contributed by atoms with Crippen molar-refractivity contribution in [2.45, 2.75) is 57.6 Å². The third-order valence-corrected chi connectivity index (χ3v) is 5.42. The molecule has 0 saturated carbocycles. The molecule has 0 aliphatic carbocycles. The monoisotopic (exact) mass is 506 g/mol. The Morgan fingerprint density at radius 2 is 2.03 bits per heavy atom. The summed E-state index contributed by atoms with van der Waals surface area (Å²) in [5.41, 5.74) is -1.40. The highest BCUT2D eigenvalue weighted by Gasteiger charge is 2.39. The fraction of sp³-hybridized carbons (Fsp3) is 0.435. The summed E-state index contributed by atoms with van der Waals surface area (Å²) < 4.78 is 51.6. The number of aromatic nitrogens is 4. The summed E-state index contributed by atoms with van der Waals surface area (Å²) in [6.07, 6.45) is -0.238. The third kappa shape index (κ3) is 6.01. The van der Waals surface area contributed by atoms with Gasteiger partial charge in [0.25, 0.3) is 5.89 Å². The van der Waals surface area contributed by atoms with E-state index in [0.717, 1.165) is 12.1 Å². The number of hydrogen-bond donors (Lipinski definition) is 1. The maximum absolute atomic E-state index is 13.0. The second-order valence-corrected chi connectivity index (χ2v) is 9.43. The van der Waals surface area contributed by atoms with Crippen LogP contribution in [0.1, 0.15) is 43.4 Å². The number of nitrogens with zero attached hydrogens (tertiary/aromatic N) is 5. The number of amides is 2. The Kier molecular flexibility index (Phi) is 6.74. The van der Waals surface area contributed by atoms with Crippen molar-refractivity contribution in [3.63, 3.8) is 0 Å². The maximum Gasteiger partial charge on any atom is 0.416 e. The van der Waals surface area contributed by atoms with Gasteiger partial charge in [0.1, 0.15) is 5.60 Å². The molecule has 0 bridgehead atoms. The van der Waals surface area contributed by atoms with E-state index in [9.17, 15) is 22.8 Å². The first-order valence-electron chi connectivity index (χ1n) is 11.2. The number of rotatable bonds is 5. The van der Waals surface area contributed by atoms with Gasteiger partial charge in [-0.25, -0.2) is 9.78 Å². The van der Waals surface area contributed by atoms with E-state index in [0.29, 0.717) is 13.0 Å². The van der Waals surface area contributed by atoms with Crippen molar-refractivity contribution in [2.75, 3.05) is 6.54 Å². The Bertz CT molecular complexity index is 1220. The van der Waals surface area contributed by atoms with Crippen molar-refractivity contribution in [3.8, 4) is 11.3 Å². The van der Waals surface area contributed by atoms with Crippen molar-refractivity contribution in [1.29, 1.82) is 0 Å². The molecule has 2 amide bonds. The summed E-state index contributed by atoms with van der Waals surface area (Å²) in [7, 11) is 0. The largest absolute Gasteiger partial charge is 0.444 e. The van der Waals surface area contributed by atoms with Crippen LogP contribution in [0.5, 0.6) is 0 Å². The molecule has 1 fully saturated rings. The molecule has 3 heterocycles. The van der Waals surface area contributed by atoms with Gasteiger partial charge in [0.05, 0.1) is 30.5 Å². The lowest BCUT2D eigenvalue weighted by Crippen LogP contribution is -2.43. The highest BCUT2D eigenvalue weighted by atomic mass is 19.4. The zero-order valence-electron chi connectivity index (χ0n) is 19.8. The van der Waals surface area contributed by atoms with Crippen LogP contribution in [0.2, 0.25) is 0 Å². The maximum atomic E-state index is 13.0. The van der Waals surface area contributed by atoms with Crippen LogP contribution in [-0.4, -0.2) is 61.1 Å². The van der Waals surface area contributed by atoms with Crippen LogP contribution in [-0.2, 0) is 17.5 Å². The van der Waals surface area contributed by atoms with Gasteiger partial charge in [0.2, 0.25) is 0 Å². The highest BCUT2D eigenvalue weighted by molar-refractivity contribution is 5.90. The summed E-state index contributed by atoms with van der Waals surface area (Å²) in [4.78, 5) is 31.0. The lowest BCUT2D eigenvalue weighted by molar-refractivity contribution is -0.137. The molecule has 0 radical (unpaired) electrons. The molecule has 1 aliphatic heterocycles. The van der Waals surface area contributed by atoms with Crippen LogP contribution in [0.4, 0.5) is 18.0 Å². The number of oxazole rings is 1. The minimum Gasteiger partial charge on any atom is -0.444 e. The molecule has 192 valence electrons. The molecule has 2 aromatic heterocycles. The lowest BCUT2D eigenvalue weighted by Gasteiger charge is -2.28. The summed E-state index contributed by atoms with van der Waals surface area (Å²) in [5.74, 6) is -0.924. The molecule has 4 rings (SSSR count). The minimum atomic E-state index is -4.51. The number of benzene rings is 1. The van der Waals surface area contributed by atoms with Crippen molar-refractivity contribution in [3.05, 3.63) is 54.3 Å². The van der Waals surface area contributed by atoms with Crippen LogP contribution in [0, 0.1) is 0 Å². The van der Waals surface area contributed by atoms with Crippen molar-refractivity contribution in [1.82, 2.24) is 30.2 Å². The predicted molar refractivity (Wildman–Crippen MR) is 120 cm³/mol. The standard InChI is InChI=1S/C23H25F3N6O4/c1-22(2,3)36-21(34)32-12-16(10-17(32)13-31-8-7-28-30-31)29-19(33)20-27-11-18(35-20)14-5-4-6-15(9-14)23(24,25)26/h4-9,11,16-17H,10,12-13H2,1-3H3,(H,29,33)/t16-,17+/m1/s1.